The Bertz CT molecular complexity index is 593. The number of Topliss-reactive ketones (excluding diaryl/α,β-unsaturated/α-hetero) is 2. The zero-order chi connectivity index (χ0) is 28.7. The number of rotatable bonds is 28. The van der Waals surface area contributed by atoms with Crippen LogP contribution in [0.15, 0.2) is 0 Å². The molecule has 39 heavy (non-hydrogen) atoms. The van der Waals surface area contributed by atoms with Crippen LogP contribution >= 0.6 is 0 Å². The molecule has 2 atom stereocenters. The summed E-state index contributed by atoms with van der Waals surface area (Å²) in [6, 6.07) is 0. The molecule has 0 aliphatic rings. The largest absolute Gasteiger partial charge is 1.00 e. The van der Waals surface area contributed by atoms with Gasteiger partial charge < -0.3 is 22.1 Å². The fraction of sp³-hybridized carbons (Fsp3) is 0.939. The molecule has 0 aromatic rings. The van der Waals surface area contributed by atoms with E-state index in [0.29, 0.717) is 12.8 Å². The molecule has 0 saturated heterocycles. The van der Waals surface area contributed by atoms with Crippen LogP contribution in [0.2, 0.25) is 0 Å². The fourth-order valence-electron chi connectivity index (χ4n) is 5.56. The summed E-state index contributed by atoms with van der Waals surface area (Å²) in [6.07, 6.45) is 27.0. The fourth-order valence-corrected chi connectivity index (χ4v) is 5.56. The van der Waals surface area contributed by atoms with E-state index < -0.39 is 22.1 Å². The first-order valence-corrected chi connectivity index (χ1v) is 16.5. The summed E-state index contributed by atoms with van der Waals surface area (Å²) >= 11 is 0. The highest BCUT2D eigenvalue weighted by atomic mass is 79.9. The molecule has 0 fully saturated rings. The second-order valence-electron chi connectivity index (χ2n) is 12.3. The second kappa shape index (κ2) is 25.4. The lowest BCUT2D eigenvalue weighted by Gasteiger charge is -2.40. The number of carbonyl (C=O) groups is 2. The molecule has 0 rings (SSSR count). The Morgan fingerprint density at radius 2 is 0.872 bits per heavy atom. The number of aliphatic hydroxyl groups is 1. The predicted octanol–water partition coefficient (Wildman–Crippen LogP) is 6.32. The van der Waals surface area contributed by atoms with Gasteiger partial charge in [0.1, 0.15) is 25.8 Å². The Hall–Kier alpha value is -0.300. The topological polar surface area (TPSA) is 74.6 Å². The van der Waals surface area contributed by atoms with Crippen LogP contribution in [0.5, 0.6) is 0 Å². The third-order valence-corrected chi connectivity index (χ3v) is 8.37. The quantitative estimate of drug-likeness (QED) is 0.0465. The van der Waals surface area contributed by atoms with Crippen molar-refractivity contribution in [1.82, 2.24) is 0 Å². The molecule has 234 valence electrons. The monoisotopic (exact) mass is 619 g/mol. The average molecular weight is 621 g/mol. The summed E-state index contributed by atoms with van der Waals surface area (Å²) < 4.78 is -0.922. The first-order chi connectivity index (χ1) is 18.1. The number of carbonyl (C=O) groups excluding carboxylic acids is 2. The van der Waals surface area contributed by atoms with E-state index in [1.807, 2.05) is 0 Å². The van der Waals surface area contributed by atoms with Crippen molar-refractivity contribution in [2.24, 2.45) is 5.92 Å². The molecular weight excluding hydrogens is 554 g/mol. The Kier molecular flexibility index (Phi) is 26.6. The van der Waals surface area contributed by atoms with Crippen LogP contribution in [-0.4, -0.2) is 46.3 Å². The first kappa shape index (κ1) is 40.8. The standard InChI is InChI=1S/C33H66NO4.BrH/c1-6-8-10-12-14-16-18-20-22-24-26-28-31(35)30(3)33(37,34(4,5)38)32(36)29-27-25-23-21-19-17-15-13-11-9-7-2;/h30,37-38H,6-29H2,1-5H3;1H/q+1;/p-1. The molecule has 0 amide bonds. The molecule has 0 radical (unpaired) electrons. The molecule has 5 nitrogen and oxygen atoms in total. The van der Waals surface area contributed by atoms with Crippen molar-refractivity contribution in [3.63, 3.8) is 0 Å². The number of halogens is 1. The number of hydrogen-bond acceptors (Lipinski definition) is 4. The minimum Gasteiger partial charge on any atom is -1.00 e. The summed E-state index contributed by atoms with van der Waals surface area (Å²) in [5.41, 5.74) is -2.09. The van der Waals surface area contributed by atoms with Crippen molar-refractivity contribution < 1.29 is 41.5 Å². The van der Waals surface area contributed by atoms with Gasteiger partial charge in [-0.05, 0) is 19.8 Å². The number of ketones is 2. The smallest absolute Gasteiger partial charge is 0.300 e. The van der Waals surface area contributed by atoms with E-state index in [-0.39, 0.29) is 29.2 Å². The molecule has 0 aromatic heterocycles. The van der Waals surface area contributed by atoms with Gasteiger partial charge in [0.05, 0.1) is 0 Å². The highest BCUT2D eigenvalue weighted by Gasteiger charge is 2.57. The van der Waals surface area contributed by atoms with E-state index >= 15 is 0 Å². The third-order valence-electron chi connectivity index (χ3n) is 8.37. The minimum absolute atomic E-state index is 0. The van der Waals surface area contributed by atoms with Gasteiger partial charge in [-0.25, -0.2) is 5.21 Å². The van der Waals surface area contributed by atoms with Crippen LogP contribution in [0.4, 0.5) is 0 Å². The molecule has 0 bridgehead atoms. The lowest BCUT2D eigenvalue weighted by Crippen LogP contribution is -3.00. The van der Waals surface area contributed by atoms with Crippen molar-refractivity contribution in [2.75, 3.05) is 14.1 Å². The van der Waals surface area contributed by atoms with Crippen LogP contribution in [0.25, 0.3) is 0 Å². The minimum atomic E-state index is -2.09. The zero-order valence-corrected chi connectivity index (χ0v) is 28.2. The maximum Gasteiger partial charge on any atom is 0.300 e. The maximum absolute atomic E-state index is 13.1. The molecule has 2 unspecified atom stereocenters. The Morgan fingerprint density at radius 1 is 0.590 bits per heavy atom. The summed E-state index contributed by atoms with van der Waals surface area (Å²) in [5.74, 6) is -1.47. The third kappa shape index (κ3) is 18.7. The van der Waals surface area contributed by atoms with Crippen molar-refractivity contribution >= 4 is 11.6 Å². The van der Waals surface area contributed by atoms with Crippen molar-refractivity contribution in [1.29, 1.82) is 0 Å². The molecule has 6 heteroatoms. The molecule has 2 N–H and O–H groups in total. The molecule has 0 spiro atoms. The molecule has 0 aliphatic heterocycles. The molecule has 0 aromatic carbocycles. The maximum atomic E-state index is 13.1. The van der Waals surface area contributed by atoms with Gasteiger partial charge in [0, 0.05) is 12.8 Å². The highest BCUT2D eigenvalue weighted by Crippen LogP contribution is 2.30. The normalized spacial score (nSPS) is 14.0. The summed E-state index contributed by atoms with van der Waals surface area (Å²) in [7, 11) is 2.79. The second-order valence-corrected chi connectivity index (χ2v) is 12.3. The number of hydroxylamine groups is 3. The molecule has 0 aliphatic carbocycles. The van der Waals surface area contributed by atoms with Crippen molar-refractivity contribution in [3.05, 3.63) is 0 Å². The van der Waals surface area contributed by atoms with E-state index in [0.717, 1.165) is 32.1 Å². The number of likely N-dealkylation sites (N-methyl/N-ethyl adjacent to an activating group) is 1. The van der Waals surface area contributed by atoms with Gasteiger partial charge in [-0.1, -0.05) is 142 Å². The van der Waals surface area contributed by atoms with Gasteiger partial charge in [-0.15, -0.1) is 0 Å². The number of nitrogens with zero attached hydrogens (tertiary/aromatic N) is 1. The van der Waals surface area contributed by atoms with Crippen molar-refractivity contribution in [2.45, 2.75) is 181 Å². The van der Waals surface area contributed by atoms with Gasteiger partial charge in [0.25, 0.3) is 5.72 Å². The van der Waals surface area contributed by atoms with Crippen LogP contribution < -0.4 is 17.0 Å². The number of unbranched alkanes of at least 4 members (excludes halogenated alkanes) is 20. The van der Waals surface area contributed by atoms with E-state index in [9.17, 15) is 19.9 Å². The van der Waals surface area contributed by atoms with E-state index in [2.05, 4.69) is 13.8 Å². The summed E-state index contributed by atoms with van der Waals surface area (Å²) in [5, 5.41) is 22.0. The molecule has 0 heterocycles. The van der Waals surface area contributed by atoms with Gasteiger partial charge in [-0.3, -0.25) is 9.59 Å². The van der Waals surface area contributed by atoms with Crippen LogP contribution in [-0.2, 0) is 9.59 Å². The van der Waals surface area contributed by atoms with E-state index in [1.165, 1.54) is 117 Å². The van der Waals surface area contributed by atoms with E-state index in [4.69, 9.17) is 0 Å². The Labute approximate surface area is 253 Å². The van der Waals surface area contributed by atoms with Gasteiger partial charge >= 0.3 is 0 Å². The lowest BCUT2D eigenvalue weighted by molar-refractivity contribution is -1.12. The molecular formula is C33H66BrNO4. The Balaban J connectivity index is 0. The number of hydrogen-bond donors (Lipinski definition) is 2. The lowest BCUT2D eigenvalue weighted by atomic mass is 9.84. The average Bonchev–Trinajstić information content (AvgIpc) is 2.88. The number of quaternary nitrogens is 1. The summed E-state index contributed by atoms with van der Waals surface area (Å²) in [4.78, 5) is 26.0. The van der Waals surface area contributed by atoms with Crippen LogP contribution in [0.1, 0.15) is 175 Å². The first-order valence-electron chi connectivity index (χ1n) is 16.5. The van der Waals surface area contributed by atoms with Gasteiger partial charge in [0.2, 0.25) is 5.78 Å². The Morgan fingerprint density at radius 3 is 1.18 bits per heavy atom. The zero-order valence-electron chi connectivity index (χ0n) is 26.6. The van der Waals surface area contributed by atoms with Crippen molar-refractivity contribution in [3.8, 4) is 0 Å². The van der Waals surface area contributed by atoms with E-state index in [1.54, 1.807) is 6.92 Å². The molecule has 0 saturated carbocycles. The van der Waals surface area contributed by atoms with Gasteiger partial charge in [0.15, 0.2) is 0 Å². The van der Waals surface area contributed by atoms with Gasteiger partial charge in [-0.2, -0.15) is 4.65 Å². The predicted molar refractivity (Wildman–Crippen MR) is 160 cm³/mol. The van der Waals surface area contributed by atoms with Crippen LogP contribution in [0.3, 0.4) is 0 Å². The van der Waals surface area contributed by atoms with Crippen LogP contribution in [0, 0.1) is 5.92 Å². The highest BCUT2D eigenvalue weighted by molar-refractivity contribution is 5.93. The summed E-state index contributed by atoms with van der Waals surface area (Å²) in [6.45, 7) is 6.09. The SMILES string of the molecule is CCCCCCCCCCCCCC(=O)C(C)C(O)(C(=O)CCCCCCCCCCCCC)[N+](C)(C)O.[Br-].